The number of hydrogen-bond acceptors (Lipinski definition) is 3. The molecule has 1 aliphatic rings. The van der Waals surface area contributed by atoms with E-state index in [1.54, 1.807) is 0 Å². The summed E-state index contributed by atoms with van der Waals surface area (Å²) in [6, 6.07) is 0.943. The van der Waals surface area contributed by atoms with Gasteiger partial charge in [-0.15, -0.1) is 0 Å². The van der Waals surface area contributed by atoms with Crippen molar-refractivity contribution in [3.05, 3.63) is 0 Å². The van der Waals surface area contributed by atoms with Crippen LogP contribution in [0.3, 0.4) is 0 Å². The molecule has 0 aromatic heterocycles. The number of nitrogens with one attached hydrogen (secondary N) is 1. The van der Waals surface area contributed by atoms with Crippen molar-refractivity contribution in [3.8, 4) is 0 Å². The van der Waals surface area contributed by atoms with Crippen molar-refractivity contribution in [2.45, 2.75) is 25.9 Å². The maximum atomic E-state index is 10.2. The van der Waals surface area contributed by atoms with Crippen molar-refractivity contribution in [1.82, 2.24) is 5.32 Å². The first kappa shape index (κ1) is 6.55. The summed E-state index contributed by atoms with van der Waals surface area (Å²) in [5, 5.41) is 3.11. The average Bonchev–Trinajstić information content (AvgIpc) is 2.42. The van der Waals surface area contributed by atoms with Gasteiger partial charge in [-0.1, -0.05) is 0 Å². The monoisotopic (exact) mass is 129 g/mol. The fourth-order valence-corrected chi connectivity index (χ4v) is 0.682. The van der Waals surface area contributed by atoms with Gasteiger partial charge in [0.25, 0.3) is 0 Å². The average molecular weight is 129 g/mol. The van der Waals surface area contributed by atoms with Gasteiger partial charge in [0.15, 0.2) is 0 Å². The third-order valence-electron chi connectivity index (χ3n) is 1.44. The Morgan fingerprint density at radius 3 is 2.67 bits per heavy atom. The molecule has 0 aliphatic carbocycles. The van der Waals surface area contributed by atoms with Crippen LogP contribution in [0.5, 0.6) is 0 Å². The lowest BCUT2D eigenvalue weighted by molar-refractivity contribution is -0.140. The Labute approximate surface area is 54.4 Å². The summed E-state index contributed by atoms with van der Waals surface area (Å²) in [6.07, 6.45) is 0. The molecule has 2 unspecified atom stereocenters. The quantitative estimate of drug-likeness (QED) is 0.418. The summed E-state index contributed by atoms with van der Waals surface area (Å²) in [5.41, 5.74) is 0. The second-order valence-corrected chi connectivity index (χ2v) is 2.36. The predicted octanol–water partition coefficient (Wildman–Crippen LogP) is -0.0902. The molecular weight excluding hydrogens is 118 g/mol. The zero-order chi connectivity index (χ0) is 6.85. The van der Waals surface area contributed by atoms with Gasteiger partial charge in [-0.3, -0.25) is 4.79 Å². The van der Waals surface area contributed by atoms with E-state index in [9.17, 15) is 4.79 Å². The van der Waals surface area contributed by atoms with Crippen molar-refractivity contribution in [1.29, 1.82) is 0 Å². The topological polar surface area (TPSA) is 48.2 Å². The largest absolute Gasteiger partial charge is 0.464 e. The van der Waals surface area contributed by atoms with Crippen LogP contribution in [0.1, 0.15) is 13.8 Å². The van der Waals surface area contributed by atoms with E-state index in [2.05, 4.69) is 12.2 Å². The molecule has 0 radical (unpaired) electrons. The van der Waals surface area contributed by atoms with E-state index in [0.29, 0.717) is 18.7 Å². The number of esters is 1. The highest BCUT2D eigenvalue weighted by molar-refractivity contribution is 5.65. The van der Waals surface area contributed by atoms with Crippen molar-refractivity contribution in [2.75, 3.05) is 6.61 Å². The molecule has 1 aliphatic heterocycles. The van der Waals surface area contributed by atoms with Crippen LogP contribution in [0.4, 0.5) is 0 Å². The summed E-state index contributed by atoms with van der Waals surface area (Å²) < 4.78 is 4.73. The van der Waals surface area contributed by atoms with Gasteiger partial charge >= 0.3 is 5.97 Å². The normalized spacial score (nSPS) is 31.8. The molecule has 2 atom stereocenters. The van der Waals surface area contributed by atoms with E-state index in [0.717, 1.165) is 0 Å². The summed E-state index contributed by atoms with van der Waals surface area (Å²) in [4.78, 5) is 10.2. The maximum absolute atomic E-state index is 10.2. The second kappa shape index (κ2) is 2.35. The molecule has 3 heteroatoms. The predicted molar refractivity (Wildman–Crippen MR) is 33.0 cm³/mol. The van der Waals surface area contributed by atoms with E-state index < -0.39 is 0 Å². The van der Waals surface area contributed by atoms with Gasteiger partial charge in [0.2, 0.25) is 0 Å². The molecule has 0 amide bonds. The number of rotatable bonds is 2. The maximum Gasteiger partial charge on any atom is 0.302 e. The Bertz CT molecular complexity index is 124. The number of carbonyl (C=O) groups is 1. The Morgan fingerprint density at radius 2 is 2.33 bits per heavy atom. The second-order valence-electron chi connectivity index (χ2n) is 2.36. The number of ether oxygens (including phenoxy) is 1. The lowest BCUT2D eigenvalue weighted by atomic mass is 10.4. The Kier molecular flexibility index (Phi) is 1.71. The lowest BCUT2D eigenvalue weighted by Gasteiger charge is -1.95. The number of hydrogen-bond donors (Lipinski definition) is 1. The Morgan fingerprint density at radius 1 is 1.78 bits per heavy atom. The molecule has 1 saturated heterocycles. The van der Waals surface area contributed by atoms with Crippen molar-refractivity contribution < 1.29 is 9.53 Å². The summed E-state index contributed by atoms with van der Waals surface area (Å²) in [5.74, 6) is -0.198. The van der Waals surface area contributed by atoms with Crippen molar-refractivity contribution in [2.24, 2.45) is 0 Å². The van der Waals surface area contributed by atoms with E-state index >= 15 is 0 Å². The lowest BCUT2D eigenvalue weighted by Crippen LogP contribution is -2.08. The third kappa shape index (κ3) is 2.01. The summed E-state index contributed by atoms with van der Waals surface area (Å²) >= 11 is 0. The van der Waals surface area contributed by atoms with Gasteiger partial charge < -0.3 is 10.1 Å². The van der Waals surface area contributed by atoms with Gasteiger partial charge in [0.1, 0.15) is 6.61 Å². The molecule has 1 rings (SSSR count). The van der Waals surface area contributed by atoms with Gasteiger partial charge in [-0.05, 0) is 6.92 Å². The summed E-state index contributed by atoms with van der Waals surface area (Å²) in [6.45, 7) is 4.01. The Hall–Kier alpha value is -0.570. The molecule has 0 spiro atoms. The summed E-state index contributed by atoms with van der Waals surface area (Å²) in [7, 11) is 0. The highest BCUT2D eigenvalue weighted by atomic mass is 16.5. The van der Waals surface area contributed by atoms with Gasteiger partial charge in [0, 0.05) is 13.0 Å². The zero-order valence-corrected chi connectivity index (χ0v) is 5.68. The molecule has 3 nitrogen and oxygen atoms in total. The molecule has 0 aromatic carbocycles. The van der Waals surface area contributed by atoms with E-state index in [1.165, 1.54) is 6.92 Å². The van der Waals surface area contributed by atoms with Gasteiger partial charge in [-0.25, -0.2) is 0 Å². The SMILES string of the molecule is CC(=O)OCC1NC1C. The smallest absolute Gasteiger partial charge is 0.302 e. The zero-order valence-electron chi connectivity index (χ0n) is 5.68. The third-order valence-corrected chi connectivity index (χ3v) is 1.44. The highest BCUT2D eigenvalue weighted by Crippen LogP contribution is 2.08. The number of carbonyl (C=O) groups excluding carboxylic acids is 1. The van der Waals surface area contributed by atoms with Crippen LogP contribution in [0.25, 0.3) is 0 Å². The fraction of sp³-hybridized carbons (Fsp3) is 0.833. The van der Waals surface area contributed by atoms with Crippen LogP contribution in [0.2, 0.25) is 0 Å². The molecule has 1 heterocycles. The molecule has 1 N–H and O–H groups in total. The minimum absolute atomic E-state index is 0.198. The van der Waals surface area contributed by atoms with E-state index in [1.807, 2.05) is 0 Å². The highest BCUT2D eigenvalue weighted by Gasteiger charge is 2.31. The molecule has 0 saturated carbocycles. The van der Waals surface area contributed by atoms with Crippen LogP contribution in [0.15, 0.2) is 0 Å². The first-order valence-corrected chi connectivity index (χ1v) is 3.09. The van der Waals surface area contributed by atoms with Crippen LogP contribution in [-0.2, 0) is 9.53 Å². The minimum atomic E-state index is -0.198. The van der Waals surface area contributed by atoms with E-state index in [4.69, 9.17) is 4.74 Å². The van der Waals surface area contributed by atoms with Gasteiger partial charge in [-0.2, -0.15) is 0 Å². The van der Waals surface area contributed by atoms with Crippen molar-refractivity contribution in [3.63, 3.8) is 0 Å². The molecular formula is C6H11NO2. The Balaban J connectivity index is 2.00. The van der Waals surface area contributed by atoms with Crippen LogP contribution in [0, 0.1) is 0 Å². The molecule has 0 aromatic rings. The van der Waals surface area contributed by atoms with E-state index in [-0.39, 0.29) is 5.97 Å². The van der Waals surface area contributed by atoms with Gasteiger partial charge in [0.05, 0.1) is 6.04 Å². The fourth-order valence-electron chi connectivity index (χ4n) is 0.682. The van der Waals surface area contributed by atoms with Crippen LogP contribution < -0.4 is 5.32 Å². The molecule has 1 fully saturated rings. The van der Waals surface area contributed by atoms with Crippen molar-refractivity contribution >= 4 is 5.97 Å². The first-order chi connectivity index (χ1) is 4.20. The molecule has 52 valence electrons. The van der Waals surface area contributed by atoms with Crippen LogP contribution in [-0.4, -0.2) is 24.7 Å². The minimum Gasteiger partial charge on any atom is -0.464 e. The van der Waals surface area contributed by atoms with Crippen LogP contribution >= 0.6 is 0 Å². The first-order valence-electron chi connectivity index (χ1n) is 3.09. The molecule has 9 heavy (non-hydrogen) atoms. The standard InChI is InChI=1S/C6H11NO2/c1-4-6(7-4)3-9-5(2)8/h4,6-7H,3H2,1-2H3. The molecule has 0 bridgehead atoms.